The third kappa shape index (κ3) is 1.59. The molecule has 3 nitrogen and oxygen atoms in total. The molecule has 0 atom stereocenters. The fourth-order valence-electron chi connectivity index (χ4n) is 1.61. The molecule has 0 aliphatic carbocycles. The van der Waals surface area contributed by atoms with E-state index in [1.807, 2.05) is 24.3 Å². The normalized spacial score (nSPS) is 10.7. The zero-order valence-electron chi connectivity index (χ0n) is 9.03. The van der Waals surface area contributed by atoms with Crippen molar-refractivity contribution in [1.82, 2.24) is 4.57 Å². The second-order valence-electron chi connectivity index (χ2n) is 3.71. The SMILES string of the molecule is Cc1c(C)c(O)n(-c2ccc(Br)cc2)c1O. The topological polar surface area (TPSA) is 45.4 Å². The highest BCUT2D eigenvalue weighted by Gasteiger charge is 2.16. The highest BCUT2D eigenvalue weighted by atomic mass is 79.9. The predicted octanol–water partition coefficient (Wildman–Crippen LogP) is 3.27. The summed E-state index contributed by atoms with van der Waals surface area (Å²) >= 11 is 3.34. The summed E-state index contributed by atoms with van der Waals surface area (Å²) in [5, 5.41) is 19.8. The van der Waals surface area contributed by atoms with Crippen LogP contribution in [0.1, 0.15) is 11.1 Å². The van der Waals surface area contributed by atoms with Crippen LogP contribution in [-0.4, -0.2) is 14.8 Å². The van der Waals surface area contributed by atoms with E-state index in [4.69, 9.17) is 0 Å². The van der Waals surface area contributed by atoms with Crippen molar-refractivity contribution in [2.45, 2.75) is 13.8 Å². The van der Waals surface area contributed by atoms with Crippen LogP contribution in [0.3, 0.4) is 0 Å². The molecular formula is C12H12BrNO2. The van der Waals surface area contributed by atoms with Gasteiger partial charge >= 0.3 is 0 Å². The Bertz CT molecular complexity index is 503. The maximum absolute atomic E-state index is 9.91. The first-order chi connectivity index (χ1) is 7.52. The molecule has 84 valence electrons. The van der Waals surface area contributed by atoms with E-state index in [-0.39, 0.29) is 11.8 Å². The Hall–Kier alpha value is -1.42. The van der Waals surface area contributed by atoms with Crippen molar-refractivity contribution in [3.8, 4) is 17.4 Å². The summed E-state index contributed by atoms with van der Waals surface area (Å²) in [6, 6.07) is 7.36. The van der Waals surface area contributed by atoms with Gasteiger partial charge in [0.25, 0.3) is 0 Å². The number of aromatic nitrogens is 1. The lowest BCUT2D eigenvalue weighted by Crippen LogP contribution is -1.92. The van der Waals surface area contributed by atoms with Gasteiger partial charge in [-0.15, -0.1) is 0 Å². The largest absolute Gasteiger partial charge is 0.494 e. The van der Waals surface area contributed by atoms with Crippen molar-refractivity contribution in [3.63, 3.8) is 0 Å². The van der Waals surface area contributed by atoms with Crippen LogP contribution in [-0.2, 0) is 0 Å². The summed E-state index contributed by atoms with van der Waals surface area (Å²) in [7, 11) is 0. The van der Waals surface area contributed by atoms with Gasteiger partial charge in [0.05, 0.1) is 5.69 Å². The summed E-state index contributed by atoms with van der Waals surface area (Å²) in [5.41, 5.74) is 2.12. The zero-order chi connectivity index (χ0) is 11.9. The molecule has 0 saturated carbocycles. The van der Waals surface area contributed by atoms with Crippen LogP contribution >= 0.6 is 15.9 Å². The Morgan fingerprint density at radius 1 is 0.938 bits per heavy atom. The number of halogens is 1. The van der Waals surface area contributed by atoms with Crippen molar-refractivity contribution in [1.29, 1.82) is 0 Å². The predicted molar refractivity (Wildman–Crippen MR) is 66.3 cm³/mol. The highest BCUT2D eigenvalue weighted by molar-refractivity contribution is 9.10. The van der Waals surface area contributed by atoms with E-state index in [0.29, 0.717) is 11.1 Å². The standard InChI is InChI=1S/C12H12BrNO2/c1-7-8(2)12(16)14(11(7)15)10-5-3-9(13)4-6-10/h3-6,15-16H,1-2H3. The summed E-state index contributed by atoms with van der Waals surface area (Å²) in [5.74, 6) is 0.162. The number of benzene rings is 1. The Morgan fingerprint density at radius 2 is 1.38 bits per heavy atom. The molecule has 16 heavy (non-hydrogen) atoms. The van der Waals surface area contributed by atoms with Gasteiger partial charge < -0.3 is 10.2 Å². The molecule has 0 saturated heterocycles. The highest BCUT2D eigenvalue weighted by Crippen LogP contribution is 2.35. The summed E-state index contributed by atoms with van der Waals surface area (Å²) in [6.45, 7) is 3.56. The minimum atomic E-state index is 0.0809. The van der Waals surface area contributed by atoms with Crippen molar-refractivity contribution in [2.24, 2.45) is 0 Å². The fraction of sp³-hybridized carbons (Fsp3) is 0.167. The molecule has 1 aromatic carbocycles. The number of nitrogens with zero attached hydrogens (tertiary/aromatic N) is 1. The lowest BCUT2D eigenvalue weighted by molar-refractivity contribution is 0.400. The molecule has 0 aliphatic heterocycles. The van der Waals surface area contributed by atoms with E-state index in [0.717, 1.165) is 10.2 Å². The number of rotatable bonds is 1. The molecule has 1 aromatic heterocycles. The second-order valence-corrected chi connectivity index (χ2v) is 4.62. The van der Waals surface area contributed by atoms with Crippen molar-refractivity contribution in [2.75, 3.05) is 0 Å². The molecule has 0 amide bonds. The Labute approximate surface area is 102 Å². The molecular weight excluding hydrogens is 270 g/mol. The number of hydrogen-bond donors (Lipinski definition) is 2. The van der Waals surface area contributed by atoms with Gasteiger partial charge in [-0.25, -0.2) is 0 Å². The summed E-state index contributed by atoms with van der Waals surface area (Å²) in [4.78, 5) is 0. The monoisotopic (exact) mass is 281 g/mol. The molecule has 0 fully saturated rings. The molecule has 0 radical (unpaired) electrons. The van der Waals surface area contributed by atoms with Crippen LogP contribution in [0, 0.1) is 13.8 Å². The van der Waals surface area contributed by atoms with Gasteiger partial charge in [0, 0.05) is 15.6 Å². The maximum Gasteiger partial charge on any atom is 0.201 e. The lowest BCUT2D eigenvalue weighted by Gasteiger charge is -2.06. The third-order valence-corrected chi connectivity index (χ3v) is 3.27. The Kier molecular flexibility index (Phi) is 2.68. The van der Waals surface area contributed by atoms with Crippen molar-refractivity contribution < 1.29 is 10.2 Å². The van der Waals surface area contributed by atoms with E-state index in [1.54, 1.807) is 13.8 Å². The first kappa shape index (κ1) is 11.1. The van der Waals surface area contributed by atoms with Crippen molar-refractivity contribution in [3.05, 3.63) is 39.9 Å². The average molecular weight is 282 g/mol. The first-order valence-corrected chi connectivity index (χ1v) is 5.67. The molecule has 4 heteroatoms. The molecule has 0 spiro atoms. The zero-order valence-corrected chi connectivity index (χ0v) is 10.6. The number of hydrogen-bond acceptors (Lipinski definition) is 2. The summed E-state index contributed by atoms with van der Waals surface area (Å²) in [6.07, 6.45) is 0. The van der Waals surface area contributed by atoms with E-state index in [1.165, 1.54) is 4.57 Å². The van der Waals surface area contributed by atoms with E-state index >= 15 is 0 Å². The maximum atomic E-state index is 9.91. The molecule has 0 aliphatic rings. The fourth-order valence-corrected chi connectivity index (χ4v) is 1.87. The Morgan fingerprint density at radius 3 is 1.81 bits per heavy atom. The average Bonchev–Trinajstić information content (AvgIpc) is 2.46. The van der Waals surface area contributed by atoms with E-state index < -0.39 is 0 Å². The van der Waals surface area contributed by atoms with Gasteiger partial charge in [0.2, 0.25) is 11.8 Å². The number of aromatic hydroxyl groups is 2. The van der Waals surface area contributed by atoms with Crippen LogP contribution < -0.4 is 0 Å². The second kappa shape index (κ2) is 3.87. The molecule has 0 bridgehead atoms. The van der Waals surface area contributed by atoms with Crippen LogP contribution in [0.2, 0.25) is 0 Å². The molecule has 2 N–H and O–H groups in total. The third-order valence-electron chi connectivity index (χ3n) is 2.74. The van der Waals surface area contributed by atoms with Crippen LogP contribution in [0.5, 0.6) is 11.8 Å². The van der Waals surface area contributed by atoms with E-state index in [2.05, 4.69) is 15.9 Å². The van der Waals surface area contributed by atoms with Crippen molar-refractivity contribution >= 4 is 15.9 Å². The van der Waals surface area contributed by atoms with Gasteiger partial charge in [-0.05, 0) is 38.1 Å². The quantitative estimate of drug-likeness (QED) is 0.843. The smallest absolute Gasteiger partial charge is 0.201 e. The van der Waals surface area contributed by atoms with Crippen LogP contribution in [0.15, 0.2) is 28.7 Å². The van der Waals surface area contributed by atoms with Gasteiger partial charge in [-0.1, -0.05) is 15.9 Å². The van der Waals surface area contributed by atoms with Gasteiger partial charge in [-0.2, -0.15) is 0 Å². The van der Waals surface area contributed by atoms with Gasteiger partial charge in [0.1, 0.15) is 0 Å². The lowest BCUT2D eigenvalue weighted by atomic mass is 10.2. The van der Waals surface area contributed by atoms with Crippen LogP contribution in [0.25, 0.3) is 5.69 Å². The molecule has 2 aromatic rings. The van der Waals surface area contributed by atoms with Crippen LogP contribution in [0.4, 0.5) is 0 Å². The molecule has 0 unspecified atom stereocenters. The minimum absolute atomic E-state index is 0.0809. The minimum Gasteiger partial charge on any atom is -0.494 e. The molecule has 2 rings (SSSR count). The summed E-state index contributed by atoms with van der Waals surface area (Å²) < 4.78 is 2.38. The Balaban J connectivity index is 2.64. The first-order valence-electron chi connectivity index (χ1n) is 4.88. The van der Waals surface area contributed by atoms with E-state index in [9.17, 15) is 10.2 Å². The van der Waals surface area contributed by atoms with Gasteiger partial charge in [0.15, 0.2) is 0 Å². The van der Waals surface area contributed by atoms with Gasteiger partial charge in [-0.3, -0.25) is 4.57 Å². The molecule has 1 heterocycles.